The minimum absolute atomic E-state index is 0.0906. The number of aliphatic hydroxyl groups excluding tert-OH is 1. The predicted molar refractivity (Wildman–Crippen MR) is 92.9 cm³/mol. The van der Waals surface area contributed by atoms with Crippen LogP contribution in [0.2, 0.25) is 0 Å². The molecule has 1 N–H and O–H groups in total. The maximum atomic E-state index is 12.6. The molecule has 0 heterocycles. The Bertz CT molecular complexity index is 645. The average Bonchev–Trinajstić information content (AvgIpc) is 2.53. The van der Waals surface area contributed by atoms with Crippen LogP contribution in [-0.4, -0.2) is 61.4 Å². The Labute approximate surface area is 146 Å². The zero-order valence-corrected chi connectivity index (χ0v) is 16.0. The fourth-order valence-corrected chi connectivity index (χ4v) is 4.14. The van der Waals surface area contributed by atoms with Crippen molar-refractivity contribution in [3.63, 3.8) is 0 Å². The second-order valence-electron chi connectivity index (χ2n) is 4.84. The number of carbonyl (C=O) groups is 1. The minimum atomic E-state index is -3.63. The molecule has 6 nitrogen and oxygen atoms in total. The van der Waals surface area contributed by atoms with E-state index in [2.05, 4.69) is 15.9 Å². The number of nitrogens with zero attached hydrogens (tertiary/aromatic N) is 2. The Hall–Kier alpha value is -0.960. The van der Waals surface area contributed by atoms with Gasteiger partial charge in [0.25, 0.3) is 5.91 Å². The maximum absolute atomic E-state index is 12.6. The van der Waals surface area contributed by atoms with E-state index < -0.39 is 10.0 Å². The molecular weight excluding hydrogens is 384 g/mol. The first-order valence-corrected chi connectivity index (χ1v) is 9.76. The van der Waals surface area contributed by atoms with Crippen molar-refractivity contribution in [2.75, 3.05) is 32.8 Å². The lowest BCUT2D eigenvalue weighted by Gasteiger charge is -2.22. The van der Waals surface area contributed by atoms with Gasteiger partial charge in [-0.3, -0.25) is 4.79 Å². The van der Waals surface area contributed by atoms with Crippen LogP contribution < -0.4 is 0 Å². The molecule has 0 aliphatic carbocycles. The summed E-state index contributed by atoms with van der Waals surface area (Å²) in [5.41, 5.74) is 0.272. The number of halogens is 1. The van der Waals surface area contributed by atoms with E-state index in [1.165, 1.54) is 21.3 Å². The Balaban J connectivity index is 3.30. The molecule has 0 aliphatic heterocycles. The topological polar surface area (TPSA) is 77.9 Å². The third-order valence-corrected chi connectivity index (χ3v) is 6.29. The van der Waals surface area contributed by atoms with Gasteiger partial charge in [-0.05, 0) is 41.1 Å². The normalized spacial score (nSPS) is 11.7. The molecular formula is C15H23BrN2O4S. The van der Waals surface area contributed by atoms with Crippen LogP contribution in [0.4, 0.5) is 0 Å². The standard InChI is InChI=1S/C15H23BrN2O4S/c1-4-17(9-10-19)15(20)13-11-12(7-8-14(13)16)23(21,22)18(5-2)6-3/h7-8,11,19H,4-6,9-10H2,1-3H3. The van der Waals surface area contributed by atoms with Crippen molar-refractivity contribution in [2.24, 2.45) is 0 Å². The van der Waals surface area contributed by atoms with Crippen molar-refractivity contribution in [3.8, 4) is 0 Å². The molecule has 0 saturated carbocycles. The first-order valence-electron chi connectivity index (χ1n) is 7.53. The molecule has 130 valence electrons. The molecule has 1 aromatic rings. The SMILES string of the molecule is CCN(CCO)C(=O)c1cc(S(=O)(=O)N(CC)CC)ccc1Br. The lowest BCUT2D eigenvalue weighted by molar-refractivity contribution is 0.0731. The fraction of sp³-hybridized carbons (Fsp3) is 0.533. The first kappa shape index (κ1) is 20.1. The summed E-state index contributed by atoms with van der Waals surface area (Å²) in [4.78, 5) is 14.1. The highest BCUT2D eigenvalue weighted by molar-refractivity contribution is 9.10. The number of likely N-dealkylation sites (N-methyl/N-ethyl adjacent to an activating group) is 1. The van der Waals surface area contributed by atoms with Crippen molar-refractivity contribution in [1.29, 1.82) is 0 Å². The number of amides is 1. The molecule has 0 spiro atoms. The van der Waals surface area contributed by atoms with Crippen molar-refractivity contribution >= 4 is 31.9 Å². The lowest BCUT2D eigenvalue weighted by Crippen LogP contribution is -2.34. The summed E-state index contributed by atoms with van der Waals surface area (Å²) in [7, 11) is -3.63. The summed E-state index contributed by atoms with van der Waals surface area (Å²) >= 11 is 3.30. The summed E-state index contributed by atoms with van der Waals surface area (Å²) in [6, 6.07) is 4.44. The van der Waals surface area contributed by atoms with Crippen LogP contribution in [0, 0.1) is 0 Å². The van der Waals surface area contributed by atoms with Crippen molar-refractivity contribution < 1.29 is 18.3 Å². The van der Waals surface area contributed by atoms with Crippen LogP contribution in [0.3, 0.4) is 0 Å². The number of rotatable bonds is 8. The Morgan fingerprint density at radius 3 is 2.26 bits per heavy atom. The largest absolute Gasteiger partial charge is 0.395 e. The number of benzene rings is 1. The molecule has 0 saturated heterocycles. The van der Waals surface area contributed by atoms with E-state index in [-0.39, 0.29) is 29.5 Å². The van der Waals surface area contributed by atoms with Gasteiger partial charge in [0.2, 0.25) is 10.0 Å². The molecule has 0 atom stereocenters. The second-order valence-corrected chi connectivity index (χ2v) is 7.63. The van der Waals surface area contributed by atoms with E-state index >= 15 is 0 Å². The van der Waals surface area contributed by atoms with Gasteiger partial charge in [0.05, 0.1) is 17.1 Å². The van der Waals surface area contributed by atoms with Crippen LogP contribution >= 0.6 is 15.9 Å². The van der Waals surface area contributed by atoms with E-state index in [0.717, 1.165) is 0 Å². The summed E-state index contributed by atoms with van der Waals surface area (Å²) in [5, 5.41) is 9.05. The molecule has 8 heteroatoms. The smallest absolute Gasteiger partial charge is 0.255 e. The third-order valence-electron chi connectivity index (χ3n) is 3.55. The van der Waals surface area contributed by atoms with Gasteiger partial charge in [-0.2, -0.15) is 4.31 Å². The lowest BCUT2D eigenvalue weighted by atomic mass is 10.2. The van der Waals surface area contributed by atoms with Crippen LogP contribution in [0.5, 0.6) is 0 Å². The summed E-state index contributed by atoms with van der Waals surface area (Å²) in [6.07, 6.45) is 0. The van der Waals surface area contributed by atoms with Crippen LogP contribution in [-0.2, 0) is 10.0 Å². The zero-order valence-electron chi connectivity index (χ0n) is 13.6. The quantitative estimate of drug-likeness (QED) is 0.715. The summed E-state index contributed by atoms with van der Waals surface area (Å²) < 4.78 is 27.1. The second kappa shape index (κ2) is 8.77. The molecule has 0 fully saturated rings. The Morgan fingerprint density at radius 2 is 1.78 bits per heavy atom. The monoisotopic (exact) mass is 406 g/mol. The molecule has 0 aromatic heterocycles. The number of carbonyl (C=O) groups excluding carboxylic acids is 1. The number of hydrogen-bond donors (Lipinski definition) is 1. The van der Waals surface area contributed by atoms with Gasteiger partial charge < -0.3 is 10.0 Å². The molecule has 1 aromatic carbocycles. The number of aliphatic hydroxyl groups is 1. The van der Waals surface area contributed by atoms with Crippen molar-refractivity contribution in [3.05, 3.63) is 28.2 Å². The van der Waals surface area contributed by atoms with Gasteiger partial charge in [0, 0.05) is 30.7 Å². The van der Waals surface area contributed by atoms with E-state index in [4.69, 9.17) is 5.11 Å². The Morgan fingerprint density at radius 1 is 1.17 bits per heavy atom. The minimum Gasteiger partial charge on any atom is -0.395 e. The van der Waals surface area contributed by atoms with E-state index in [0.29, 0.717) is 24.1 Å². The van der Waals surface area contributed by atoms with Crippen LogP contribution in [0.25, 0.3) is 0 Å². The van der Waals surface area contributed by atoms with E-state index in [1.807, 2.05) is 0 Å². The van der Waals surface area contributed by atoms with Gasteiger partial charge in [0.1, 0.15) is 0 Å². The van der Waals surface area contributed by atoms with Crippen LogP contribution in [0.1, 0.15) is 31.1 Å². The molecule has 23 heavy (non-hydrogen) atoms. The third kappa shape index (κ3) is 4.53. The average molecular weight is 407 g/mol. The molecule has 0 radical (unpaired) electrons. The molecule has 0 bridgehead atoms. The molecule has 0 aliphatic rings. The summed E-state index contributed by atoms with van der Waals surface area (Å²) in [5.74, 6) is -0.315. The number of hydrogen-bond acceptors (Lipinski definition) is 4. The zero-order chi connectivity index (χ0) is 17.6. The van der Waals surface area contributed by atoms with Gasteiger partial charge in [-0.15, -0.1) is 0 Å². The summed E-state index contributed by atoms with van der Waals surface area (Å²) in [6.45, 7) is 6.56. The highest BCUT2D eigenvalue weighted by atomic mass is 79.9. The number of sulfonamides is 1. The van der Waals surface area contributed by atoms with Crippen molar-refractivity contribution in [2.45, 2.75) is 25.7 Å². The Kier molecular flexibility index (Phi) is 7.66. The van der Waals surface area contributed by atoms with Gasteiger partial charge in [-0.25, -0.2) is 8.42 Å². The predicted octanol–water partition coefficient (Wildman–Crippen LogP) is 1.93. The highest BCUT2D eigenvalue weighted by Crippen LogP contribution is 2.24. The fourth-order valence-electron chi connectivity index (χ4n) is 2.24. The first-order chi connectivity index (χ1) is 10.8. The van der Waals surface area contributed by atoms with Crippen LogP contribution in [0.15, 0.2) is 27.6 Å². The van der Waals surface area contributed by atoms with Crippen molar-refractivity contribution in [1.82, 2.24) is 9.21 Å². The van der Waals surface area contributed by atoms with E-state index in [9.17, 15) is 13.2 Å². The molecule has 0 unspecified atom stereocenters. The molecule has 1 rings (SSSR count). The van der Waals surface area contributed by atoms with Gasteiger partial charge >= 0.3 is 0 Å². The highest BCUT2D eigenvalue weighted by Gasteiger charge is 2.25. The molecule has 1 amide bonds. The van der Waals surface area contributed by atoms with Gasteiger partial charge in [-0.1, -0.05) is 13.8 Å². The van der Waals surface area contributed by atoms with Gasteiger partial charge in [0.15, 0.2) is 0 Å². The maximum Gasteiger partial charge on any atom is 0.255 e. The van der Waals surface area contributed by atoms with E-state index in [1.54, 1.807) is 26.8 Å².